The van der Waals surface area contributed by atoms with Gasteiger partial charge in [-0.25, -0.2) is 0 Å². The summed E-state index contributed by atoms with van der Waals surface area (Å²) in [6, 6.07) is 5.38. The number of carboxylic acids is 1. The largest absolute Gasteiger partial charge is 0.493 e. The molecule has 0 bridgehead atoms. The van der Waals surface area contributed by atoms with Gasteiger partial charge in [-0.3, -0.25) is 4.79 Å². The monoisotopic (exact) mass is 455 g/mol. The number of benzene rings is 1. The van der Waals surface area contributed by atoms with Crippen LogP contribution in [-0.2, 0) is 20.7 Å². The van der Waals surface area contributed by atoms with E-state index in [1.165, 1.54) is 0 Å². The van der Waals surface area contributed by atoms with Gasteiger partial charge in [0.1, 0.15) is 6.61 Å². The van der Waals surface area contributed by atoms with E-state index in [1.54, 1.807) is 21.1 Å². The van der Waals surface area contributed by atoms with Gasteiger partial charge in [-0.15, -0.1) is 0 Å². The molecule has 0 aromatic heterocycles. The molecule has 184 valence electrons. The van der Waals surface area contributed by atoms with E-state index in [9.17, 15) is 9.90 Å². The molecule has 1 aromatic carbocycles. The van der Waals surface area contributed by atoms with Crippen molar-refractivity contribution >= 4 is 5.97 Å². The molecule has 4 atom stereocenters. The minimum Gasteiger partial charge on any atom is -0.493 e. The molecule has 4 unspecified atom stereocenters. The van der Waals surface area contributed by atoms with Crippen LogP contribution in [0.2, 0.25) is 0 Å². The molecular weight excluding hydrogens is 414 g/mol. The number of carboxylic acid groups (broad SMARTS) is 1. The van der Waals surface area contributed by atoms with Gasteiger partial charge in [0.2, 0.25) is 0 Å². The highest BCUT2D eigenvalue weighted by Crippen LogP contribution is 2.31. The van der Waals surface area contributed by atoms with E-state index in [0.29, 0.717) is 50.3 Å². The van der Waals surface area contributed by atoms with Gasteiger partial charge >= 0.3 is 5.97 Å². The fourth-order valence-corrected chi connectivity index (χ4v) is 3.45. The van der Waals surface area contributed by atoms with Crippen molar-refractivity contribution in [3.8, 4) is 11.5 Å². The number of aliphatic hydroxyl groups excluding tert-OH is 1. The quantitative estimate of drug-likeness (QED) is 0.307. The summed E-state index contributed by atoms with van der Waals surface area (Å²) in [5.74, 6) is 0.313. The summed E-state index contributed by atoms with van der Waals surface area (Å²) < 4.78 is 21.7. The number of nitrogens with two attached hydrogens (primary N) is 1. The fraction of sp³-hybridized carbons (Fsp3) is 0.708. The first-order chi connectivity index (χ1) is 15.2. The highest BCUT2D eigenvalue weighted by atomic mass is 16.5. The third-order valence-electron chi connectivity index (χ3n) is 5.67. The van der Waals surface area contributed by atoms with Crippen LogP contribution in [0.3, 0.4) is 0 Å². The Bertz CT molecular complexity index is 668. The van der Waals surface area contributed by atoms with Crippen LogP contribution in [0.25, 0.3) is 0 Å². The average Bonchev–Trinajstić information content (AvgIpc) is 2.75. The lowest BCUT2D eigenvalue weighted by atomic mass is 9.82. The van der Waals surface area contributed by atoms with Crippen molar-refractivity contribution in [3.05, 3.63) is 23.8 Å². The van der Waals surface area contributed by atoms with Crippen LogP contribution in [0.5, 0.6) is 11.5 Å². The molecule has 0 aliphatic carbocycles. The predicted octanol–water partition coefficient (Wildman–Crippen LogP) is 2.74. The second kappa shape index (κ2) is 15.1. The molecule has 0 amide bonds. The third kappa shape index (κ3) is 10.2. The molecule has 0 heterocycles. The minimum atomic E-state index is -0.925. The summed E-state index contributed by atoms with van der Waals surface area (Å²) in [4.78, 5) is 11.1. The number of carbonyl (C=O) groups is 1. The predicted molar refractivity (Wildman–Crippen MR) is 123 cm³/mol. The number of aliphatic carboxylic acids is 1. The van der Waals surface area contributed by atoms with Gasteiger partial charge in [0.05, 0.1) is 39.0 Å². The maximum atomic E-state index is 11.1. The van der Waals surface area contributed by atoms with Crippen molar-refractivity contribution in [3.63, 3.8) is 0 Å². The number of hydrogen-bond donors (Lipinski definition) is 3. The van der Waals surface area contributed by atoms with E-state index < -0.39 is 24.0 Å². The summed E-state index contributed by atoms with van der Waals surface area (Å²) in [6.45, 7) is 7.75. The zero-order valence-electron chi connectivity index (χ0n) is 20.1. The van der Waals surface area contributed by atoms with E-state index in [4.69, 9.17) is 29.8 Å². The molecule has 32 heavy (non-hydrogen) atoms. The fourth-order valence-electron chi connectivity index (χ4n) is 3.45. The van der Waals surface area contributed by atoms with Crippen molar-refractivity contribution in [2.24, 2.45) is 23.5 Å². The molecule has 4 N–H and O–H groups in total. The van der Waals surface area contributed by atoms with E-state index in [2.05, 4.69) is 13.8 Å². The first-order valence-electron chi connectivity index (χ1n) is 11.2. The summed E-state index contributed by atoms with van der Waals surface area (Å²) in [5, 5.41) is 19.5. The number of methoxy groups -OCH3 is 2. The normalized spacial score (nSPS) is 15.2. The lowest BCUT2D eigenvalue weighted by molar-refractivity contribution is -0.142. The highest BCUT2D eigenvalue weighted by molar-refractivity contribution is 5.69. The Morgan fingerprint density at radius 1 is 1.03 bits per heavy atom. The Morgan fingerprint density at radius 3 is 2.31 bits per heavy atom. The van der Waals surface area contributed by atoms with E-state index in [1.807, 2.05) is 18.2 Å². The third-order valence-corrected chi connectivity index (χ3v) is 5.67. The highest BCUT2D eigenvalue weighted by Gasteiger charge is 2.26. The molecule has 0 aliphatic heterocycles. The minimum absolute atomic E-state index is 0.147. The topological polar surface area (TPSA) is 120 Å². The van der Waals surface area contributed by atoms with Gasteiger partial charge in [0.25, 0.3) is 0 Å². The van der Waals surface area contributed by atoms with Crippen LogP contribution < -0.4 is 15.2 Å². The summed E-state index contributed by atoms with van der Waals surface area (Å²) in [6.07, 6.45) is 0.655. The number of hydrogen-bond acceptors (Lipinski definition) is 7. The molecule has 8 heteroatoms. The molecule has 0 aliphatic rings. The van der Waals surface area contributed by atoms with E-state index in [-0.39, 0.29) is 12.3 Å². The van der Waals surface area contributed by atoms with Crippen molar-refractivity contribution in [2.45, 2.75) is 52.2 Å². The van der Waals surface area contributed by atoms with Gasteiger partial charge in [-0.05, 0) is 48.8 Å². The Balaban J connectivity index is 2.75. The van der Waals surface area contributed by atoms with E-state index in [0.717, 1.165) is 12.0 Å². The Hall–Kier alpha value is -1.87. The molecular formula is C24H41NO7. The summed E-state index contributed by atoms with van der Waals surface area (Å²) in [7, 11) is 3.23. The summed E-state index contributed by atoms with van der Waals surface area (Å²) >= 11 is 0. The van der Waals surface area contributed by atoms with Crippen LogP contribution in [0, 0.1) is 17.8 Å². The number of rotatable bonds is 17. The molecule has 0 radical (unpaired) electrons. The zero-order valence-corrected chi connectivity index (χ0v) is 20.1. The molecule has 1 aromatic rings. The molecule has 0 fully saturated rings. The van der Waals surface area contributed by atoms with Crippen molar-refractivity contribution in [1.29, 1.82) is 0 Å². The van der Waals surface area contributed by atoms with Crippen LogP contribution in [0.4, 0.5) is 0 Å². The maximum Gasteiger partial charge on any atom is 0.306 e. The molecule has 0 saturated heterocycles. The van der Waals surface area contributed by atoms with Gasteiger partial charge in [0, 0.05) is 13.2 Å². The van der Waals surface area contributed by atoms with Crippen LogP contribution in [0.15, 0.2) is 18.2 Å². The van der Waals surface area contributed by atoms with Crippen molar-refractivity contribution < 1.29 is 34.0 Å². The average molecular weight is 456 g/mol. The second-order valence-corrected chi connectivity index (χ2v) is 8.59. The Kier molecular flexibility index (Phi) is 13.2. The molecule has 1 rings (SSSR count). The molecule has 8 nitrogen and oxygen atoms in total. The maximum absolute atomic E-state index is 11.1. The standard InChI is InChI=1S/C24H41NO7/c1-16(2)19(15-20(25)21(26)12-17(3)24(27)28)13-18-6-7-22(30-5)23(14-18)32-11-10-31-9-8-29-4/h6-7,14,16-17,19-21,26H,8-13,15,25H2,1-5H3,(H,27,28). The lowest BCUT2D eigenvalue weighted by Gasteiger charge is -2.28. The Labute approximate surface area is 192 Å². The first-order valence-corrected chi connectivity index (χ1v) is 11.2. The second-order valence-electron chi connectivity index (χ2n) is 8.59. The van der Waals surface area contributed by atoms with Gasteiger partial charge in [0.15, 0.2) is 11.5 Å². The van der Waals surface area contributed by atoms with Gasteiger partial charge < -0.3 is 34.9 Å². The summed E-state index contributed by atoms with van der Waals surface area (Å²) in [5.41, 5.74) is 7.32. The molecule has 0 saturated carbocycles. The SMILES string of the molecule is COCCOCCOc1cc(CC(CC(N)C(O)CC(C)C(=O)O)C(C)C)ccc1OC. The Morgan fingerprint density at radius 2 is 1.72 bits per heavy atom. The van der Waals surface area contributed by atoms with E-state index >= 15 is 0 Å². The van der Waals surface area contributed by atoms with Crippen LogP contribution >= 0.6 is 0 Å². The van der Waals surface area contributed by atoms with Gasteiger partial charge in [-0.1, -0.05) is 26.8 Å². The number of aliphatic hydroxyl groups is 1. The van der Waals surface area contributed by atoms with Crippen molar-refractivity contribution in [2.75, 3.05) is 40.6 Å². The zero-order chi connectivity index (χ0) is 24.1. The van der Waals surface area contributed by atoms with Gasteiger partial charge in [-0.2, -0.15) is 0 Å². The number of ether oxygens (including phenoxy) is 4. The lowest BCUT2D eigenvalue weighted by Crippen LogP contribution is -2.39. The van der Waals surface area contributed by atoms with Crippen LogP contribution in [0.1, 0.15) is 39.2 Å². The smallest absolute Gasteiger partial charge is 0.306 e. The molecule has 0 spiro atoms. The van der Waals surface area contributed by atoms with Crippen LogP contribution in [-0.4, -0.2) is 69.0 Å². The van der Waals surface area contributed by atoms with Crippen molar-refractivity contribution in [1.82, 2.24) is 0 Å². The first kappa shape index (κ1) is 28.2.